The van der Waals surface area contributed by atoms with Crippen LogP contribution in [0.5, 0.6) is 0 Å². The third-order valence-electron chi connectivity index (χ3n) is 6.76. The Labute approximate surface area is 177 Å². The van der Waals surface area contributed by atoms with E-state index in [0.717, 1.165) is 59.1 Å². The fourth-order valence-corrected chi connectivity index (χ4v) is 5.26. The molecule has 1 amide bonds. The molecular weight excluding hydrogens is 372 g/mol. The van der Waals surface area contributed by atoms with Crippen molar-refractivity contribution in [2.75, 3.05) is 26.7 Å². The van der Waals surface area contributed by atoms with Crippen molar-refractivity contribution in [1.29, 1.82) is 0 Å². The average molecular weight is 401 g/mol. The molecule has 1 N–H and O–H groups in total. The second-order valence-corrected chi connectivity index (χ2v) is 8.84. The second kappa shape index (κ2) is 7.86. The third kappa shape index (κ3) is 3.40. The number of hydrogen-bond acceptors (Lipinski definition) is 3. The normalized spacial score (nSPS) is 21.7. The predicted octanol–water partition coefficient (Wildman–Crippen LogP) is 4.17. The summed E-state index contributed by atoms with van der Waals surface area (Å²) in [6.45, 7) is 2.97. The van der Waals surface area contributed by atoms with Crippen LogP contribution in [-0.2, 0) is 6.61 Å². The number of hydrogen-bond donors (Lipinski definition) is 1. The van der Waals surface area contributed by atoms with Crippen LogP contribution in [0.25, 0.3) is 21.9 Å². The number of benzene rings is 3. The van der Waals surface area contributed by atoms with E-state index in [1.54, 1.807) is 0 Å². The van der Waals surface area contributed by atoms with E-state index >= 15 is 0 Å². The minimum Gasteiger partial charge on any atom is -0.392 e. The number of rotatable bonds is 3. The van der Waals surface area contributed by atoms with Gasteiger partial charge in [0.1, 0.15) is 0 Å². The van der Waals surface area contributed by atoms with E-state index in [0.29, 0.717) is 12.0 Å². The van der Waals surface area contributed by atoms with Crippen molar-refractivity contribution in [3.8, 4) is 11.1 Å². The smallest absolute Gasteiger partial charge is 0.254 e. The van der Waals surface area contributed by atoms with E-state index in [2.05, 4.69) is 35.0 Å². The maximum absolute atomic E-state index is 13.7. The van der Waals surface area contributed by atoms with Gasteiger partial charge in [-0.3, -0.25) is 4.79 Å². The lowest BCUT2D eigenvalue weighted by atomic mass is 9.92. The number of aliphatic hydroxyl groups is 1. The Balaban J connectivity index is 1.55. The molecule has 3 aliphatic rings. The lowest BCUT2D eigenvalue weighted by molar-refractivity contribution is 0.0589. The zero-order chi connectivity index (χ0) is 20.7. The van der Waals surface area contributed by atoms with Crippen LogP contribution in [0.15, 0.2) is 60.7 Å². The highest BCUT2D eigenvalue weighted by atomic mass is 16.3. The summed E-state index contributed by atoms with van der Waals surface area (Å²) in [7, 11) is 2.17. The first-order valence-electron chi connectivity index (χ1n) is 10.9. The highest BCUT2D eigenvalue weighted by Gasteiger charge is 2.36. The Morgan fingerprint density at radius 3 is 2.50 bits per heavy atom. The largest absolute Gasteiger partial charge is 0.392 e. The summed E-state index contributed by atoms with van der Waals surface area (Å²) < 4.78 is 0. The Bertz CT molecular complexity index is 1080. The van der Waals surface area contributed by atoms with Crippen molar-refractivity contribution in [3.63, 3.8) is 0 Å². The molecule has 3 aliphatic heterocycles. The maximum atomic E-state index is 13.7. The van der Waals surface area contributed by atoms with Crippen molar-refractivity contribution in [1.82, 2.24) is 9.80 Å². The van der Waals surface area contributed by atoms with E-state index in [1.807, 2.05) is 42.5 Å². The van der Waals surface area contributed by atoms with Gasteiger partial charge in [-0.2, -0.15) is 0 Å². The van der Waals surface area contributed by atoms with E-state index in [9.17, 15) is 9.90 Å². The summed E-state index contributed by atoms with van der Waals surface area (Å²) in [5.74, 6) is 0.742. The zero-order valence-electron chi connectivity index (χ0n) is 17.4. The summed E-state index contributed by atoms with van der Waals surface area (Å²) in [4.78, 5) is 18.2. The first kappa shape index (κ1) is 19.3. The Kier molecular flexibility index (Phi) is 5.05. The predicted molar refractivity (Wildman–Crippen MR) is 120 cm³/mol. The number of amides is 1. The summed E-state index contributed by atoms with van der Waals surface area (Å²) >= 11 is 0. The van der Waals surface area contributed by atoms with E-state index in [-0.39, 0.29) is 12.5 Å². The molecule has 6 rings (SSSR count). The van der Waals surface area contributed by atoms with Crippen LogP contribution in [0.3, 0.4) is 0 Å². The molecule has 0 spiro atoms. The molecule has 2 bridgehead atoms. The molecule has 3 fully saturated rings. The van der Waals surface area contributed by atoms with Crippen molar-refractivity contribution < 1.29 is 9.90 Å². The molecule has 0 radical (unpaired) electrons. The maximum Gasteiger partial charge on any atom is 0.254 e. The Morgan fingerprint density at radius 1 is 0.933 bits per heavy atom. The summed E-state index contributed by atoms with van der Waals surface area (Å²) in [5, 5.41) is 11.4. The molecular formula is C26H28N2O2. The summed E-state index contributed by atoms with van der Waals surface area (Å²) in [5.41, 5.74) is 3.91. The van der Waals surface area contributed by atoms with Gasteiger partial charge in [-0.25, -0.2) is 0 Å². The van der Waals surface area contributed by atoms with Crippen LogP contribution in [0, 0.1) is 5.92 Å². The van der Waals surface area contributed by atoms with Gasteiger partial charge in [0.15, 0.2) is 0 Å². The number of likely N-dealkylation sites (N-methyl/N-ethyl adjacent to an activating group) is 1. The molecule has 0 saturated carbocycles. The average Bonchev–Trinajstić information content (AvgIpc) is 3.07. The highest BCUT2D eigenvalue weighted by molar-refractivity contribution is 6.10. The molecule has 3 aromatic carbocycles. The van der Waals surface area contributed by atoms with Crippen LogP contribution >= 0.6 is 0 Å². The number of carbonyl (C=O) groups excluding carboxylic acids is 1. The van der Waals surface area contributed by atoms with Crippen LogP contribution in [0.4, 0.5) is 0 Å². The molecule has 3 aromatic rings. The lowest BCUT2D eigenvalue weighted by Crippen LogP contribution is -2.47. The zero-order valence-corrected chi connectivity index (χ0v) is 17.4. The summed E-state index contributed by atoms with van der Waals surface area (Å²) in [6.07, 6.45) is 2.33. The molecule has 30 heavy (non-hydrogen) atoms. The number of fused-ring (bicyclic) bond motifs is 5. The van der Waals surface area contributed by atoms with Crippen LogP contribution in [-0.4, -0.2) is 53.5 Å². The minimum absolute atomic E-state index is 0.0433. The van der Waals surface area contributed by atoms with Crippen molar-refractivity contribution >= 4 is 16.7 Å². The van der Waals surface area contributed by atoms with Gasteiger partial charge in [0.2, 0.25) is 0 Å². The van der Waals surface area contributed by atoms with Crippen LogP contribution in [0.1, 0.15) is 28.8 Å². The number of aliphatic hydroxyl groups excluding tert-OH is 1. The third-order valence-corrected chi connectivity index (χ3v) is 6.76. The minimum atomic E-state index is 0.0433. The number of nitrogens with zero attached hydrogens (tertiary/aromatic N) is 2. The molecule has 0 aromatic heterocycles. The molecule has 3 saturated heterocycles. The highest BCUT2D eigenvalue weighted by Crippen LogP contribution is 2.33. The fraction of sp³-hybridized carbons (Fsp3) is 0.346. The fourth-order valence-electron chi connectivity index (χ4n) is 5.26. The van der Waals surface area contributed by atoms with Gasteiger partial charge in [-0.1, -0.05) is 54.6 Å². The monoisotopic (exact) mass is 400 g/mol. The van der Waals surface area contributed by atoms with Gasteiger partial charge in [-0.15, -0.1) is 0 Å². The van der Waals surface area contributed by atoms with Gasteiger partial charge in [0.05, 0.1) is 6.61 Å². The standard InChI is InChI=1S/C26H28N2O2/c1-27-14-19-10-13-21(16-27)28(15-19)26(30)25-7-3-5-23-22(4-2-6-24(23)25)20-11-8-18(17-29)9-12-20/h2-9,11-12,19,21,29H,10,13-17H2,1H3/t19-,21+/m0/s1. The van der Waals surface area contributed by atoms with Crippen molar-refractivity contribution in [2.24, 2.45) is 5.92 Å². The molecule has 2 atom stereocenters. The van der Waals surface area contributed by atoms with Gasteiger partial charge in [-0.05, 0) is 59.3 Å². The molecule has 0 unspecified atom stereocenters. The molecule has 0 aliphatic carbocycles. The van der Waals surface area contributed by atoms with Gasteiger partial charge in [0.25, 0.3) is 5.91 Å². The van der Waals surface area contributed by atoms with Gasteiger partial charge >= 0.3 is 0 Å². The van der Waals surface area contributed by atoms with E-state index in [4.69, 9.17) is 0 Å². The number of carbonyl (C=O) groups is 1. The second-order valence-electron chi connectivity index (χ2n) is 8.84. The molecule has 4 nitrogen and oxygen atoms in total. The van der Waals surface area contributed by atoms with Crippen LogP contribution in [0.2, 0.25) is 0 Å². The summed E-state index contributed by atoms with van der Waals surface area (Å²) in [6, 6.07) is 20.6. The molecule has 154 valence electrons. The van der Waals surface area contributed by atoms with Gasteiger partial charge in [0, 0.05) is 31.2 Å². The van der Waals surface area contributed by atoms with Crippen LogP contribution < -0.4 is 0 Å². The Hall–Kier alpha value is -2.69. The van der Waals surface area contributed by atoms with E-state index < -0.39 is 0 Å². The van der Waals surface area contributed by atoms with Crippen molar-refractivity contribution in [2.45, 2.75) is 25.5 Å². The molecule has 4 heteroatoms. The SMILES string of the molecule is CN1C[C@@H]2CC[C@H](C1)N(C(=O)c1cccc3c(-c4ccc(CO)cc4)cccc13)C2. The van der Waals surface area contributed by atoms with Crippen molar-refractivity contribution in [3.05, 3.63) is 71.8 Å². The van der Waals surface area contributed by atoms with Gasteiger partial charge < -0.3 is 14.9 Å². The first-order chi connectivity index (χ1) is 14.6. The topological polar surface area (TPSA) is 43.8 Å². The lowest BCUT2D eigenvalue weighted by Gasteiger charge is -2.36. The quantitative estimate of drug-likeness (QED) is 0.718. The first-order valence-corrected chi connectivity index (χ1v) is 10.9. The van der Waals surface area contributed by atoms with E-state index in [1.165, 1.54) is 6.42 Å². The number of piperidine rings is 1. The Morgan fingerprint density at radius 2 is 1.70 bits per heavy atom. The molecule has 3 heterocycles.